The molecule has 106 valence electrons. The third-order valence-corrected chi connectivity index (χ3v) is 3.72. The van der Waals surface area contributed by atoms with Crippen LogP contribution in [0, 0.1) is 18.6 Å². The monoisotopic (exact) mass is 339 g/mol. The first-order chi connectivity index (χ1) is 9.52. The highest BCUT2D eigenvalue weighted by molar-refractivity contribution is 9.10. The Balaban J connectivity index is 2.55. The summed E-state index contributed by atoms with van der Waals surface area (Å²) < 4.78 is 28.4. The van der Waals surface area contributed by atoms with E-state index in [4.69, 9.17) is 0 Å². The second kappa shape index (κ2) is 6.46. The van der Waals surface area contributed by atoms with Gasteiger partial charge in [-0.1, -0.05) is 28.9 Å². The molecule has 4 heteroatoms. The Kier molecular flexibility index (Phi) is 4.89. The summed E-state index contributed by atoms with van der Waals surface area (Å²) in [6.07, 6.45) is 0. The van der Waals surface area contributed by atoms with E-state index in [1.807, 2.05) is 13.8 Å². The molecule has 2 aromatic rings. The van der Waals surface area contributed by atoms with E-state index in [-0.39, 0.29) is 17.7 Å². The van der Waals surface area contributed by atoms with Crippen LogP contribution in [0.1, 0.15) is 29.7 Å². The Morgan fingerprint density at radius 2 is 1.85 bits per heavy atom. The van der Waals surface area contributed by atoms with Crippen LogP contribution in [0.5, 0.6) is 0 Å². The maximum atomic E-state index is 14.1. The van der Waals surface area contributed by atoms with E-state index in [9.17, 15) is 8.78 Å². The molecule has 1 N–H and O–H groups in total. The van der Waals surface area contributed by atoms with Crippen LogP contribution in [0.15, 0.2) is 40.9 Å². The Morgan fingerprint density at radius 1 is 1.10 bits per heavy atom. The molecule has 1 atom stereocenters. The van der Waals surface area contributed by atoms with Crippen molar-refractivity contribution in [3.8, 4) is 0 Å². The Hall–Kier alpha value is -1.26. The van der Waals surface area contributed by atoms with Crippen molar-refractivity contribution in [2.45, 2.75) is 19.9 Å². The number of rotatable bonds is 4. The lowest BCUT2D eigenvalue weighted by atomic mass is 9.94. The van der Waals surface area contributed by atoms with Gasteiger partial charge in [-0.3, -0.25) is 0 Å². The standard InChI is InChI=1S/C16H16BrF2N/c1-3-20-16(13-9-12(18)6-4-10(13)2)14-8-11(17)5-7-15(14)19/h4-9,16,20H,3H2,1-2H3. The van der Waals surface area contributed by atoms with Crippen molar-refractivity contribution in [1.29, 1.82) is 0 Å². The van der Waals surface area contributed by atoms with Crippen LogP contribution in [-0.2, 0) is 0 Å². The predicted octanol–water partition coefficient (Wildman–Crippen LogP) is 4.73. The Bertz CT molecular complexity index is 562. The lowest BCUT2D eigenvalue weighted by Crippen LogP contribution is -2.24. The van der Waals surface area contributed by atoms with Gasteiger partial charge in [0.1, 0.15) is 11.6 Å². The molecule has 1 nitrogen and oxygen atoms in total. The van der Waals surface area contributed by atoms with E-state index in [0.717, 1.165) is 15.6 Å². The van der Waals surface area contributed by atoms with Gasteiger partial charge in [0.05, 0.1) is 6.04 Å². The summed E-state index contributed by atoms with van der Waals surface area (Å²) in [5, 5.41) is 3.22. The molecule has 0 aliphatic carbocycles. The lowest BCUT2D eigenvalue weighted by molar-refractivity contribution is 0.552. The van der Waals surface area contributed by atoms with E-state index in [2.05, 4.69) is 21.2 Å². The summed E-state index contributed by atoms with van der Waals surface area (Å²) in [5.41, 5.74) is 2.19. The molecule has 0 saturated carbocycles. The molecule has 0 amide bonds. The van der Waals surface area contributed by atoms with Crippen LogP contribution in [0.3, 0.4) is 0 Å². The highest BCUT2D eigenvalue weighted by atomic mass is 79.9. The maximum Gasteiger partial charge on any atom is 0.128 e. The average Bonchev–Trinajstić information content (AvgIpc) is 2.42. The third-order valence-electron chi connectivity index (χ3n) is 3.23. The fourth-order valence-corrected chi connectivity index (χ4v) is 2.63. The second-order valence-corrected chi connectivity index (χ2v) is 5.57. The summed E-state index contributed by atoms with van der Waals surface area (Å²) in [5.74, 6) is -0.619. The predicted molar refractivity (Wildman–Crippen MR) is 80.8 cm³/mol. The smallest absolute Gasteiger partial charge is 0.128 e. The number of benzene rings is 2. The largest absolute Gasteiger partial charge is 0.306 e. The van der Waals surface area contributed by atoms with E-state index in [0.29, 0.717) is 12.1 Å². The summed E-state index contributed by atoms with van der Waals surface area (Å²) in [7, 11) is 0. The molecule has 0 bridgehead atoms. The quantitative estimate of drug-likeness (QED) is 0.848. The van der Waals surface area contributed by atoms with Crippen molar-refractivity contribution < 1.29 is 8.78 Å². The minimum absolute atomic E-state index is 0.303. The van der Waals surface area contributed by atoms with Crippen molar-refractivity contribution in [2.75, 3.05) is 6.54 Å². The average molecular weight is 340 g/mol. The highest BCUT2D eigenvalue weighted by Crippen LogP contribution is 2.29. The van der Waals surface area contributed by atoms with Crippen molar-refractivity contribution in [2.24, 2.45) is 0 Å². The van der Waals surface area contributed by atoms with E-state index >= 15 is 0 Å². The van der Waals surface area contributed by atoms with Gasteiger partial charge in [-0.15, -0.1) is 0 Å². The summed E-state index contributed by atoms with van der Waals surface area (Å²) in [6, 6.07) is 9.02. The van der Waals surface area contributed by atoms with Crippen molar-refractivity contribution in [3.05, 3.63) is 69.2 Å². The molecular weight excluding hydrogens is 324 g/mol. The molecule has 1 unspecified atom stereocenters. The van der Waals surface area contributed by atoms with Gasteiger partial charge < -0.3 is 5.32 Å². The van der Waals surface area contributed by atoms with Crippen molar-refractivity contribution >= 4 is 15.9 Å². The first kappa shape index (κ1) is 15.1. The zero-order chi connectivity index (χ0) is 14.7. The molecule has 2 rings (SSSR count). The minimum atomic E-state index is -0.367. The molecular formula is C16H16BrF2N. The number of aryl methyl sites for hydroxylation is 1. The Labute approximate surface area is 126 Å². The third kappa shape index (κ3) is 3.25. The van der Waals surface area contributed by atoms with Gasteiger partial charge in [-0.25, -0.2) is 8.78 Å². The number of hydrogen-bond donors (Lipinski definition) is 1. The SMILES string of the molecule is CCNC(c1cc(F)ccc1C)c1cc(Br)ccc1F. The molecule has 0 saturated heterocycles. The topological polar surface area (TPSA) is 12.0 Å². The van der Waals surface area contributed by atoms with Gasteiger partial charge in [-0.2, -0.15) is 0 Å². The van der Waals surface area contributed by atoms with Gasteiger partial charge in [0.25, 0.3) is 0 Å². The molecule has 20 heavy (non-hydrogen) atoms. The molecule has 0 radical (unpaired) electrons. The van der Waals surface area contributed by atoms with E-state index in [1.54, 1.807) is 18.2 Å². The van der Waals surface area contributed by atoms with Crippen LogP contribution in [-0.4, -0.2) is 6.54 Å². The van der Waals surface area contributed by atoms with Crippen LogP contribution < -0.4 is 5.32 Å². The van der Waals surface area contributed by atoms with Gasteiger partial charge in [0.2, 0.25) is 0 Å². The highest BCUT2D eigenvalue weighted by Gasteiger charge is 2.19. The van der Waals surface area contributed by atoms with Crippen molar-refractivity contribution in [3.63, 3.8) is 0 Å². The summed E-state index contributed by atoms with van der Waals surface area (Å²) in [6.45, 7) is 4.50. The summed E-state index contributed by atoms with van der Waals surface area (Å²) >= 11 is 3.35. The van der Waals surface area contributed by atoms with Crippen molar-refractivity contribution in [1.82, 2.24) is 5.32 Å². The van der Waals surface area contributed by atoms with Crippen LogP contribution in [0.2, 0.25) is 0 Å². The van der Waals surface area contributed by atoms with Gasteiger partial charge >= 0.3 is 0 Å². The molecule has 0 aliphatic rings. The first-order valence-corrected chi connectivity index (χ1v) is 7.26. The number of hydrogen-bond acceptors (Lipinski definition) is 1. The zero-order valence-electron chi connectivity index (χ0n) is 11.4. The normalized spacial score (nSPS) is 12.4. The lowest BCUT2D eigenvalue weighted by Gasteiger charge is -2.22. The van der Waals surface area contributed by atoms with Crippen LogP contribution in [0.4, 0.5) is 8.78 Å². The van der Waals surface area contributed by atoms with Gasteiger partial charge in [0, 0.05) is 10.0 Å². The van der Waals surface area contributed by atoms with Crippen LogP contribution >= 0.6 is 15.9 Å². The van der Waals surface area contributed by atoms with E-state index < -0.39 is 0 Å². The van der Waals surface area contributed by atoms with Gasteiger partial charge in [0.15, 0.2) is 0 Å². The Morgan fingerprint density at radius 3 is 2.55 bits per heavy atom. The maximum absolute atomic E-state index is 14.1. The van der Waals surface area contributed by atoms with Gasteiger partial charge in [-0.05, 0) is 54.9 Å². The zero-order valence-corrected chi connectivity index (χ0v) is 13.0. The number of nitrogens with one attached hydrogen (secondary N) is 1. The fraction of sp³-hybridized carbons (Fsp3) is 0.250. The first-order valence-electron chi connectivity index (χ1n) is 6.47. The molecule has 0 heterocycles. The number of halogens is 3. The van der Waals surface area contributed by atoms with Crippen LogP contribution in [0.25, 0.3) is 0 Å². The van der Waals surface area contributed by atoms with E-state index in [1.165, 1.54) is 18.2 Å². The minimum Gasteiger partial charge on any atom is -0.306 e. The molecule has 0 spiro atoms. The fourth-order valence-electron chi connectivity index (χ4n) is 2.25. The molecule has 2 aromatic carbocycles. The summed E-state index contributed by atoms with van der Waals surface area (Å²) in [4.78, 5) is 0. The molecule has 0 aromatic heterocycles. The second-order valence-electron chi connectivity index (χ2n) is 4.66. The molecule has 0 aliphatic heterocycles. The molecule has 0 fully saturated rings.